The van der Waals surface area contributed by atoms with E-state index in [2.05, 4.69) is 0 Å². The Kier molecular flexibility index (Phi) is 15.1. The minimum atomic E-state index is -4.75. The van der Waals surface area contributed by atoms with E-state index in [1.54, 1.807) is 13.8 Å². The molecule has 0 aliphatic heterocycles. The second-order valence-electron chi connectivity index (χ2n) is 6.04. The first-order valence-electron chi connectivity index (χ1n) is 8.48. The van der Waals surface area contributed by atoms with Crippen LogP contribution in [-0.4, -0.2) is 42.4 Å². The SMILES string of the molecule is CCCCC(C)OC(=O)CC(C(=O)OC(C)CCCC)S(=O)(=O)O.[H-].[Na+]. The molecule has 144 valence electrons. The largest absolute Gasteiger partial charge is 1.00 e. The third-order valence-electron chi connectivity index (χ3n) is 3.55. The van der Waals surface area contributed by atoms with Crippen molar-refractivity contribution in [2.75, 3.05) is 0 Å². The monoisotopic (exact) mass is 390 g/mol. The number of carbonyl (C=O) groups is 2. The van der Waals surface area contributed by atoms with Gasteiger partial charge >= 0.3 is 41.5 Å². The molecule has 0 fully saturated rings. The van der Waals surface area contributed by atoms with Gasteiger partial charge < -0.3 is 10.9 Å². The summed E-state index contributed by atoms with van der Waals surface area (Å²) >= 11 is 0. The molecule has 1 N–H and O–H groups in total. The summed E-state index contributed by atoms with van der Waals surface area (Å²) < 4.78 is 42.1. The second kappa shape index (κ2) is 14.0. The van der Waals surface area contributed by atoms with Crippen LogP contribution >= 0.6 is 0 Å². The molecule has 0 radical (unpaired) electrons. The number of hydrogen-bond acceptors (Lipinski definition) is 6. The molecule has 7 nitrogen and oxygen atoms in total. The van der Waals surface area contributed by atoms with Crippen molar-refractivity contribution in [1.82, 2.24) is 0 Å². The van der Waals surface area contributed by atoms with Gasteiger partial charge in [0, 0.05) is 0 Å². The Labute approximate surface area is 174 Å². The summed E-state index contributed by atoms with van der Waals surface area (Å²) in [6.45, 7) is 7.31. The summed E-state index contributed by atoms with van der Waals surface area (Å²) in [7, 11) is -4.75. The molecule has 0 aromatic rings. The van der Waals surface area contributed by atoms with Crippen molar-refractivity contribution in [2.24, 2.45) is 0 Å². The first kappa shape index (κ1) is 27.1. The van der Waals surface area contributed by atoms with Crippen molar-refractivity contribution in [1.29, 1.82) is 0 Å². The molecular formula is C16H31NaO7S. The maximum atomic E-state index is 12.0. The van der Waals surface area contributed by atoms with Crippen LogP contribution in [0.15, 0.2) is 0 Å². The Morgan fingerprint density at radius 1 is 1.00 bits per heavy atom. The van der Waals surface area contributed by atoms with Crippen molar-refractivity contribution >= 4 is 22.1 Å². The fraction of sp³-hybridized carbons (Fsp3) is 0.875. The average Bonchev–Trinajstić information content (AvgIpc) is 2.47. The zero-order valence-corrected chi connectivity index (χ0v) is 18.8. The Morgan fingerprint density at radius 3 is 1.84 bits per heavy atom. The van der Waals surface area contributed by atoms with E-state index in [1.165, 1.54) is 0 Å². The molecule has 0 saturated heterocycles. The van der Waals surface area contributed by atoms with Gasteiger partial charge in [-0.2, -0.15) is 8.42 Å². The number of esters is 2. The smallest absolute Gasteiger partial charge is 1.00 e. The Bertz CT molecular complexity index is 499. The van der Waals surface area contributed by atoms with Crippen LogP contribution in [0.3, 0.4) is 0 Å². The van der Waals surface area contributed by atoms with Gasteiger partial charge in [0.15, 0.2) is 5.25 Å². The van der Waals surface area contributed by atoms with Gasteiger partial charge in [-0.25, -0.2) is 0 Å². The van der Waals surface area contributed by atoms with E-state index in [1.807, 2.05) is 13.8 Å². The average molecular weight is 390 g/mol. The van der Waals surface area contributed by atoms with Crippen LogP contribution in [0.25, 0.3) is 0 Å². The number of rotatable bonds is 12. The topological polar surface area (TPSA) is 107 Å². The van der Waals surface area contributed by atoms with E-state index >= 15 is 0 Å². The van der Waals surface area contributed by atoms with Crippen LogP contribution in [0.1, 0.15) is 74.1 Å². The van der Waals surface area contributed by atoms with Gasteiger partial charge in [0.1, 0.15) is 0 Å². The minimum Gasteiger partial charge on any atom is -1.00 e. The predicted octanol–water partition coefficient (Wildman–Crippen LogP) is -0.00680. The molecule has 0 aliphatic carbocycles. The first-order chi connectivity index (χ1) is 11.1. The quantitative estimate of drug-likeness (QED) is 0.284. The molecule has 0 bridgehead atoms. The van der Waals surface area contributed by atoms with Gasteiger partial charge in [0.25, 0.3) is 10.1 Å². The first-order valence-corrected chi connectivity index (χ1v) is 9.98. The normalized spacial score (nSPS) is 14.8. The maximum absolute atomic E-state index is 12.0. The third-order valence-corrected chi connectivity index (χ3v) is 4.63. The van der Waals surface area contributed by atoms with Gasteiger partial charge in [-0.05, 0) is 26.7 Å². The van der Waals surface area contributed by atoms with Gasteiger partial charge in [-0.15, -0.1) is 0 Å². The summed E-state index contributed by atoms with van der Waals surface area (Å²) in [6.07, 6.45) is 3.16. The van der Waals surface area contributed by atoms with Gasteiger partial charge in [-0.1, -0.05) is 39.5 Å². The molecule has 0 heterocycles. The summed E-state index contributed by atoms with van der Waals surface area (Å²) in [5.74, 6) is -1.97. The molecule has 0 amide bonds. The zero-order chi connectivity index (χ0) is 18.8. The number of hydrogen-bond donors (Lipinski definition) is 1. The Balaban J connectivity index is -0.00000264. The van der Waals surface area contributed by atoms with E-state index in [0.717, 1.165) is 25.7 Å². The van der Waals surface area contributed by atoms with Crippen LogP contribution < -0.4 is 29.6 Å². The van der Waals surface area contributed by atoms with Crippen LogP contribution in [0, 0.1) is 0 Å². The molecule has 0 aliphatic rings. The van der Waals surface area contributed by atoms with E-state index in [4.69, 9.17) is 9.47 Å². The molecule has 9 heteroatoms. The van der Waals surface area contributed by atoms with Crippen molar-refractivity contribution in [2.45, 2.75) is 90.1 Å². The van der Waals surface area contributed by atoms with E-state index in [9.17, 15) is 22.6 Å². The Morgan fingerprint density at radius 2 is 1.44 bits per heavy atom. The number of unbranched alkanes of at least 4 members (excludes halogenated alkanes) is 2. The minimum absolute atomic E-state index is 0. The van der Waals surface area contributed by atoms with Crippen molar-refractivity contribution in [3.63, 3.8) is 0 Å². The van der Waals surface area contributed by atoms with Crippen molar-refractivity contribution in [3.05, 3.63) is 0 Å². The van der Waals surface area contributed by atoms with Gasteiger partial charge in [0.2, 0.25) is 0 Å². The summed E-state index contributed by atoms with van der Waals surface area (Å²) in [5, 5.41) is -1.95. The van der Waals surface area contributed by atoms with Crippen LogP contribution in [0.5, 0.6) is 0 Å². The van der Waals surface area contributed by atoms with Crippen LogP contribution in [0.2, 0.25) is 0 Å². The third kappa shape index (κ3) is 12.8. The molecule has 3 atom stereocenters. The van der Waals surface area contributed by atoms with Gasteiger partial charge in [-0.3, -0.25) is 14.1 Å². The molecule has 0 rings (SSSR count). The summed E-state index contributed by atoms with van der Waals surface area (Å²) in [4.78, 5) is 23.8. The van der Waals surface area contributed by atoms with Gasteiger partial charge in [0.05, 0.1) is 18.6 Å². The zero-order valence-electron chi connectivity index (χ0n) is 17.0. The molecule has 0 aromatic carbocycles. The number of ether oxygens (including phenoxy) is 2. The van der Waals surface area contributed by atoms with E-state index in [-0.39, 0.29) is 37.1 Å². The van der Waals surface area contributed by atoms with Crippen molar-refractivity contribution in [3.8, 4) is 0 Å². The summed E-state index contributed by atoms with van der Waals surface area (Å²) in [5.41, 5.74) is 0. The fourth-order valence-electron chi connectivity index (χ4n) is 2.11. The van der Waals surface area contributed by atoms with Crippen LogP contribution in [0.4, 0.5) is 0 Å². The standard InChI is InChI=1S/C16H30O7S.Na.H/c1-5-7-9-12(3)22-15(17)11-14(24(19,20)21)16(18)23-13(4)10-8-6-2;;/h12-14H,5-11H2,1-4H3,(H,19,20,21);;/q;+1;-1. The fourth-order valence-corrected chi connectivity index (χ4v) is 2.75. The van der Waals surface area contributed by atoms with Crippen molar-refractivity contribution < 1.29 is 63.0 Å². The maximum Gasteiger partial charge on any atom is 1.00 e. The Hall–Kier alpha value is -0.150. The molecule has 0 saturated carbocycles. The molecular weight excluding hydrogens is 359 g/mol. The number of carbonyl (C=O) groups excluding carboxylic acids is 2. The molecule has 3 unspecified atom stereocenters. The molecule has 25 heavy (non-hydrogen) atoms. The molecule has 0 spiro atoms. The second-order valence-corrected chi connectivity index (χ2v) is 7.64. The summed E-state index contributed by atoms with van der Waals surface area (Å²) in [6, 6.07) is 0. The van der Waals surface area contributed by atoms with E-state index in [0.29, 0.717) is 12.8 Å². The molecule has 0 aromatic heterocycles. The predicted molar refractivity (Wildman–Crippen MR) is 91.2 cm³/mol. The van der Waals surface area contributed by atoms with Crippen LogP contribution in [-0.2, 0) is 29.2 Å². The van der Waals surface area contributed by atoms with E-state index < -0.39 is 39.8 Å².